The van der Waals surface area contributed by atoms with Crippen molar-refractivity contribution in [2.45, 2.75) is 26.1 Å². The first-order valence-electron chi connectivity index (χ1n) is 8.10. The van der Waals surface area contributed by atoms with Crippen molar-refractivity contribution in [2.24, 2.45) is 5.92 Å². The minimum Gasteiger partial charge on any atom is -0.489 e. The molecular weight excluding hydrogens is 307 g/mol. The summed E-state index contributed by atoms with van der Waals surface area (Å²) in [4.78, 5) is 11.5. The predicted octanol–water partition coefficient (Wildman–Crippen LogP) is 2.63. The summed E-state index contributed by atoms with van der Waals surface area (Å²) in [5, 5.41) is 6.26. The minimum absolute atomic E-state index is 0.0367. The quantitative estimate of drug-likeness (QED) is 0.857. The summed E-state index contributed by atoms with van der Waals surface area (Å²) in [5.74, 6) is 0.547. The van der Waals surface area contributed by atoms with Gasteiger partial charge in [0.25, 0.3) is 0 Å². The van der Waals surface area contributed by atoms with Gasteiger partial charge < -0.3 is 15.4 Å². The van der Waals surface area contributed by atoms with Crippen molar-refractivity contribution in [3.8, 4) is 5.75 Å². The van der Waals surface area contributed by atoms with Crippen molar-refractivity contribution in [3.63, 3.8) is 0 Å². The highest BCUT2D eigenvalue weighted by Crippen LogP contribution is 2.20. The topological polar surface area (TPSA) is 50.4 Å². The first-order chi connectivity index (χ1) is 11.6. The molecular formula is C19H21FN2O2. The van der Waals surface area contributed by atoms with E-state index in [2.05, 4.69) is 10.6 Å². The predicted molar refractivity (Wildman–Crippen MR) is 90.0 cm³/mol. The fourth-order valence-electron chi connectivity index (χ4n) is 2.80. The van der Waals surface area contributed by atoms with E-state index in [-0.39, 0.29) is 23.7 Å². The first-order valence-corrected chi connectivity index (χ1v) is 8.10. The summed E-state index contributed by atoms with van der Waals surface area (Å²) in [5.41, 5.74) is 1.80. The third-order valence-electron chi connectivity index (χ3n) is 4.32. The Morgan fingerprint density at radius 1 is 1.25 bits per heavy atom. The van der Waals surface area contributed by atoms with Crippen LogP contribution < -0.4 is 15.4 Å². The van der Waals surface area contributed by atoms with E-state index in [1.807, 2.05) is 37.3 Å². The first kappa shape index (κ1) is 16.5. The number of hydrogen-bond donors (Lipinski definition) is 2. The number of carbonyl (C=O) groups is 1. The Labute approximate surface area is 141 Å². The molecule has 0 bridgehead atoms. The molecule has 0 aromatic heterocycles. The molecule has 5 heteroatoms. The summed E-state index contributed by atoms with van der Waals surface area (Å²) < 4.78 is 19.1. The summed E-state index contributed by atoms with van der Waals surface area (Å²) >= 11 is 0. The summed E-state index contributed by atoms with van der Waals surface area (Å²) in [6, 6.07) is 14.3. The highest BCUT2D eigenvalue weighted by Gasteiger charge is 2.30. The third kappa shape index (κ3) is 3.92. The summed E-state index contributed by atoms with van der Waals surface area (Å²) in [6.07, 6.45) is 0. The van der Waals surface area contributed by atoms with Crippen LogP contribution in [0, 0.1) is 11.7 Å². The van der Waals surface area contributed by atoms with Gasteiger partial charge in [0.2, 0.25) is 5.91 Å². The van der Waals surface area contributed by atoms with Gasteiger partial charge in [0, 0.05) is 24.7 Å². The molecule has 1 amide bonds. The van der Waals surface area contributed by atoms with E-state index in [1.165, 1.54) is 12.1 Å². The Hall–Kier alpha value is -2.40. The van der Waals surface area contributed by atoms with Crippen LogP contribution >= 0.6 is 0 Å². The Balaban J connectivity index is 1.61. The van der Waals surface area contributed by atoms with Crippen LogP contribution in [0.25, 0.3) is 0 Å². The SMILES string of the molecule is CC1C(=O)NCC1NCc1ccccc1OCc1cccc(F)c1. The molecule has 1 aliphatic heterocycles. The van der Waals surface area contributed by atoms with Crippen LogP contribution in [0.5, 0.6) is 5.75 Å². The van der Waals surface area contributed by atoms with Crippen molar-refractivity contribution < 1.29 is 13.9 Å². The molecule has 2 aromatic carbocycles. The van der Waals surface area contributed by atoms with Crippen LogP contribution in [-0.4, -0.2) is 18.5 Å². The molecule has 2 aromatic rings. The van der Waals surface area contributed by atoms with Crippen molar-refractivity contribution in [3.05, 3.63) is 65.5 Å². The number of ether oxygens (including phenoxy) is 1. The number of carbonyl (C=O) groups excluding carboxylic acids is 1. The average molecular weight is 328 g/mol. The van der Waals surface area contributed by atoms with Crippen LogP contribution in [0.2, 0.25) is 0 Å². The molecule has 2 N–H and O–H groups in total. The van der Waals surface area contributed by atoms with Crippen LogP contribution in [-0.2, 0) is 17.9 Å². The van der Waals surface area contributed by atoms with Gasteiger partial charge in [-0.3, -0.25) is 4.79 Å². The number of amides is 1. The van der Waals surface area contributed by atoms with Crippen LogP contribution in [0.3, 0.4) is 0 Å². The minimum atomic E-state index is -0.265. The normalized spacial score (nSPS) is 20.0. The second-order valence-corrected chi connectivity index (χ2v) is 6.05. The molecule has 0 radical (unpaired) electrons. The Kier molecular flexibility index (Phi) is 5.11. The number of nitrogens with one attached hydrogen (secondary N) is 2. The third-order valence-corrected chi connectivity index (χ3v) is 4.32. The van der Waals surface area contributed by atoms with E-state index in [0.717, 1.165) is 16.9 Å². The van der Waals surface area contributed by atoms with E-state index < -0.39 is 0 Å². The number of halogens is 1. The fraction of sp³-hybridized carbons (Fsp3) is 0.316. The van der Waals surface area contributed by atoms with Gasteiger partial charge in [-0.1, -0.05) is 37.3 Å². The highest BCUT2D eigenvalue weighted by molar-refractivity contribution is 5.81. The standard InChI is InChI=1S/C19H21FN2O2/c1-13-17(11-22-19(13)23)21-10-15-6-2-3-8-18(15)24-12-14-5-4-7-16(20)9-14/h2-9,13,17,21H,10-12H2,1H3,(H,22,23). The smallest absolute Gasteiger partial charge is 0.224 e. The molecule has 1 fully saturated rings. The van der Waals surface area contributed by atoms with Crippen molar-refractivity contribution in [1.29, 1.82) is 0 Å². The number of rotatable bonds is 6. The lowest BCUT2D eigenvalue weighted by atomic mass is 10.1. The molecule has 1 aliphatic rings. The lowest BCUT2D eigenvalue weighted by Gasteiger charge is -2.17. The van der Waals surface area contributed by atoms with Gasteiger partial charge in [-0.25, -0.2) is 4.39 Å². The van der Waals surface area contributed by atoms with E-state index >= 15 is 0 Å². The zero-order valence-corrected chi connectivity index (χ0v) is 13.6. The van der Waals surface area contributed by atoms with Gasteiger partial charge in [-0.05, 0) is 23.8 Å². The molecule has 0 aliphatic carbocycles. The summed E-state index contributed by atoms with van der Waals surface area (Å²) in [7, 11) is 0. The van der Waals surface area contributed by atoms with Gasteiger partial charge in [-0.15, -0.1) is 0 Å². The van der Waals surface area contributed by atoms with E-state index in [4.69, 9.17) is 4.74 Å². The number of benzene rings is 2. The molecule has 1 saturated heterocycles. The zero-order chi connectivity index (χ0) is 16.9. The number of para-hydroxylation sites is 1. The highest BCUT2D eigenvalue weighted by atomic mass is 19.1. The molecule has 24 heavy (non-hydrogen) atoms. The summed E-state index contributed by atoms with van der Waals surface area (Å²) in [6.45, 7) is 3.50. The van der Waals surface area contributed by atoms with Crippen LogP contribution in [0.15, 0.2) is 48.5 Å². The van der Waals surface area contributed by atoms with E-state index in [9.17, 15) is 9.18 Å². The largest absolute Gasteiger partial charge is 0.489 e. The lowest BCUT2D eigenvalue weighted by Crippen LogP contribution is -2.34. The fourth-order valence-corrected chi connectivity index (χ4v) is 2.80. The van der Waals surface area contributed by atoms with Crippen molar-refractivity contribution in [1.82, 2.24) is 10.6 Å². The van der Waals surface area contributed by atoms with Gasteiger partial charge in [0.05, 0.1) is 5.92 Å². The number of hydrogen-bond acceptors (Lipinski definition) is 3. The van der Waals surface area contributed by atoms with Gasteiger partial charge in [0.15, 0.2) is 0 Å². The van der Waals surface area contributed by atoms with Crippen LogP contribution in [0.1, 0.15) is 18.1 Å². The Morgan fingerprint density at radius 2 is 2.08 bits per heavy atom. The maximum atomic E-state index is 13.2. The van der Waals surface area contributed by atoms with E-state index in [1.54, 1.807) is 6.07 Å². The van der Waals surface area contributed by atoms with Crippen molar-refractivity contribution >= 4 is 5.91 Å². The lowest BCUT2D eigenvalue weighted by molar-refractivity contribution is -0.122. The zero-order valence-electron chi connectivity index (χ0n) is 13.6. The van der Waals surface area contributed by atoms with Gasteiger partial charge in [-0.2, -0.15) is 0 Å². The molecule has 3 rings (SSSR count). The Bertz CT molecular complexity index is 720. The molecule has 2 atom stereocenters. The molecule has 1 heterocycles. The van der Waals surface area contributed by atoms with Gasteiger partial charge >= 0.3 is 0 Å². The Morgan fingerprint density at radius 3 is 2.83 bits per heavy atom. The maximum Gasteiger partial charge on any atom is 0.224 e. The van der Waals surface area contributed by atoms with Crippen LogP contribution in [0.4, 0.5) is 4.39 Å². The molecule has 126 valence electrons. The average Bonchev–Trinajstić information content (AvgIpc) is 2.91. The van der Waals surface area contributed by atoms with Gasteiger partial charge in [0.1, 0.15) is 18.2 Å². The molecule has 2 unspecified atom stereocenters. The second kappa shape index (κ2) is 7.45. The monoisotopic (exact) mass is 328 g/mol. The van der Waals surface area contributed by atoms with Crippen molar-refractivity contribution in [2.75, 3.05) is 6.54 Å². The molecule has 4 nitrogen and oxygen atoms in total. The molecule has 0 saturated carbocycles. The van der Waals surface area contributed by atoms with E-state index in [0.29, 0.717) is 19.7 Å². The second-order valence-electron chi connectivity index (χ2n) is 6.05. The maximum absolute atomic E-state index is 13.2. The molecule has 0 spiro atoms.